The first kappa shape index (κ1) is 27.7. The Balaban J connectivity index is 1.35. The van der Waals surface area contributed by atoms with Crippen LogP contribution >= 0.6 is 22.6 Å². The summed E-state index contributed by atoms with van der Waals surface area (Å²) in [5.41, 5.74) is 0. The Hall–Kier alpha value is -1.91. The second-order valence-corrected chi connectivity index (χ2v) is 11.8. The van der Waals surface area contributed by atoms with Crippen LogP contribution in [0.15, 0.2) is 0 Å². The molecule has 3 heterocycles. The zero-order valence-electron chi connectivity index (χ0n) is 19.1. The number of unbranched alkanes of at least 4 members (excludes halogenated alkanes) is 1. The molecule has 2 unspecified atom stereocenters. The molecule has 0 aliphatic carbocycles. The highest BCUT2D eigenvalue weighted by Crippen LogP contribution is 2.42. The second-order valence-electron chi connectivity index (χ2n) is 8.82. The largest absolute Gasteiger partial charge is 0.394 e. The Labute approximate surface area is 208 Å². The number of rotatable bonds is 13. The van der Waals surface area contributed by atoms with E-state index in [1.54, 1.807) is 11.8 Å². The van der Waals surface area contributed by atoms with Gasteiger partial charge in [0.25, 0.3) is 5.78 Å². The van der Waals surface area contributed by atoms with E-state index < -0.39 is 52.5 Å². The minimum absolute atomic E-state index is 0.0982. The van der Waals surface area contributed by atoms with E-state index in [-0.39, 0.29) is 29.8 Å². The molecule has 0 spiro atoms. The lowest BCUT2D eigenvalue weighted by molar-refractivity contribution is -0.187. The summed E-state index contributed by atoms with van der Waals surface area (Å²) in [4.78, 5) is 64.9. The number of thioether (sulfide) groups is 1. The third kappa shape index (κ3) is 8.05. The summed E-state index contributed by atoms with van der Waals surface area (Å²) in [6, 6.07) is 0.0900. The lowest BCUT2D eigenvalue weighted by atomic mass is 10.0. The number of amides is 3. The summed E-state index contributed by atoms with van der Waals surface area (Å²) in [5.74, 6) is -3.09. The zero-order valence-corrected chi connectivity index (χ0v) is 20.8. The Morgan fingerprint density at radius 2 is 1.86 bits per heavy atom. The van der Waals surface area contributed by atoms with Gasteiger partial charge in [-0.3, -0.25) is 14.4 Å². The summed E-state index contributed by atoms with van der Waals surface area (Å²) >= 11 is 1.79. The number of hydrogen-bond donors (Lipinski definition) is 6. The Kier molecular flexibility index (Phi) is 9.77. The number of carbonyl (C=O) groups excluding carboxylic acids is 5. The average Bonchev–Trinajstić information content (AvgIpc) is 3.51. The molecular weight excluding hydrogens is 504 g/mol. The summed E-state index contributed by atoms with van der Waals surface area (Å²) in [5, 5.41) is 7.66. The van der Waals surface area contributed by atoms with Crippen molar-refractivity contribution in [1.82, 2.24) is 21.0 Å². The highest BCUT2D eigenvalue weighted by Gasteiger charge is 2.43. The lowest BCUT2D eigenvalue weighted by Gasteiger charge is -2.27. The van der Waals surface area contributed by atoms with Gasteiger partial charge in [0, 0.05) is 36.9 Å². The molecule has 13 nitrogen and oxygen atoms in total. The molecule has 4 atom stereocenters. The van der Waals surface area contributed by atoms with E-state index in [0.717, 1.165) is 31.4 Å². The maximum atomic E-state index is 12.3. The molecule has 3 aliphatic heterocycles. The molecule has 35 heavy (non-hydrogen) atoms. The van der Waals surface area contributed by atoms with E-state index in [1.807, 2.05) is 0 Å². The van der Waals surface area contributed by atoms with Crippen molar-refractivity contribution in [3.05, 3.63) is 0 Å². The molecule has 0 aromatic heterocycles. The van der Waals surface area contributed by atoms with Gasteiger partial charge in [0.1, 0.15) is 5.25 Å². The Morgan fingerprint density at radius 3 is 2.54 bits per heavy atom. The number of urea groups is 1. The maximum Gasteiger partial charge on any atom is 0.394 e. The van der Waals surface area contributed by atoms with Gasteiger partial charge in [-0.15, -0.1) is 5.06 Å². The van der Waals surface area contributed by atoms with Crippen molar-refractivity contribution in [2.45, 2.75) is 67.5 Å². The highest BCUT2D eigenvalue weighted by atomic mass is 32.3. The van der Waals surface area contributed by atoms with Crippen LogP contribution in [0.2, 0.25) is 0 Å². The molecule has 198 valence electrons. The third-order valence-electron chi connectivity index (χ3n) is 6.13. The average molecular weight is 537 g/mol. The van der Waals surface area contributed by atoms with Gasteiger partial charge >= 0.3 is 12.0 Å². The summed E-state index contributed by atoms with van der Waals surface area (Å²) in [7, 11) is -4.55. The molecule has 3 amide bonds. The molecule has 0 radical (unpaired) electrons. The summed E-state index contributed by atoms with van der Waals surface area (Å²) in [6.07, 6.45) is 3.06. The SMILES string of the molecule is O=C(CNC(=O)CCCCC1SC[C@@H]2NC(=O)N[C@H]12)CC(C(=O)C(=O)ON1CCCC1)S(O)(O)O. The minimum Gasteiger partial charge on any atom is -0.362 e. The van der Waals surface area contributed by atoms with Crippen LogP contribution in [0.3, 0.4) is 0 Å². The molecule has 3 rings (SSSR count). The van der Waals surface area contributed by atoms with Crippen molar-refractivity contribution in [3.63, 3.8) is 0 Å². The van der Waals surface area contributed by atoms with Crippen molar-refractivity contribution in [3.8, 4) is 0 Å². The van der Waals surface area contributed by atoms with E-state index in [9.17, 15) is 37.6 Å². The monoisotopic (exact) mass is 536 g/mol. The van der Waals surface area contributed by atoms with Crippen LogP contribution < -0.4 is 16.0 Å². The van der Waals surface area contributed by atoms with Gasteiger partial charge in [-0.25, -0.2) is 9.59 Å². The van der Waals surface area contributed by atoms with Gasteiger partial charge in [-0.1, -0.05) is 6.42 Å². The minimum atomic E-state index is -4.55. The van der Waals surface area contributed by atoms with Gasteiger partial charge in [0.05, 0.1) is 29.5 Å². The van der Waals surface area contributed by atoms with Crippen LogP contribution in [0.25, 0.3) is 0 Å². The number of Topliss-reactive ketones (excluding diaryl/α,β-unsaturated/α-hetero) is 2. The fourth-order valence-corrected chi connectivity index (χ4v) is 6.60. The number of fused-ring (bicyclic) bond motifs is 1. The number of carbonyl (C=O) groups is 5. The van der Waals surface area contributed by atoms with E-state index in [4.69, 9.17) is 4.84 Å². The fourth-order valence-electron chi connectivity index (χ4n) is 4.26. The predicted molar refractivity (Wildman–Crippen MR) is 128 cm³/mol. The first-order valence-electron chi connectivity index (χ1n) is 11.5. The number of nitrogens with one attached hydrogen (secondary N) is 3. The maximum absolute atomic E-state index is 12.3. The molecule has 0 saturated carbocycles. The van der Waals surface area contributed by atoms with Crippen molar-refractivity contribution in [1.29, 1.82) is 0 Å². The quantitative estimate of drug-likeness (QED) is 0.109. The van der Waals surface area contributed by atoms with Crippen LogP contribution in [0, 0.1) is 0 Å². The van der Waals surface area contributed by atoms with Crippen LogP contribution in [-0.4, -0.2) is 96.2 Å². The van der Waals surface area contributed by atoms with Gasteiger partial charge < -0.3 is 34.4 Å². The molecule has 6 N–H and O–H groups in total. The molecule has 3 fully saturated rings. The van der Waals surface area contributed by atoms with E-state index in [1.165, 1.54) is 5.06 Å². The van der Waals surface area contributed by atoms with Gasteiger partial charge in [0.15, 0.2) is 5.78 Å². The molecular formula is C20H32N4O9S2. The van der Waals surface area contributed by atoms with Crippen molar-refractivity contribution in [2.24, 2.45) is 0 Å². The van der Waals surface area contributed by atoms with E-state index in [2.05, 4.69) is 16.0 Å². The second kappa shape index (κ2) is 12.4. The topological polar surface area (TPSA) is 195 Å². The molecule has 0 aromatic carbocycles. The Bertz CT molecular complexity index is 832. The highest BCUT2D eigenvalue weighted by molar-refractivity contribution is 8.20. The first-order chi connectivity index (χ1) is 16.5. The lowest BCUT2D eigenvalue weighted by Crippen LogP contribution is -2.40. The summed E-state index contributed by atoms with van der Waals surface area (Å²) in [6.45, 7) is 0.371. The molecule has 0 aromatic rings. The molecule has 3 saturated heterocycles. The first-order valence-corrected chi connectivity index (χ1v) is 14.1. The van der Waals surface area contributed by atoms with Crippen molar-refractivity contribution < 1.29 is 42.5 Å². The standard InChI is InChI=1S/C20H32N4O9S2/c25-12(9-15(35(30,31)32)18(27)19(28)33-24-7-3-4-8-24)10-21-16(26)6-2-1-5-14-17-13(11-34-14)22-20(29)23-17/h13-15,17,30-32H,1-11H2,(H,21,26)(H2,22,23,29)/t13-,14?,15?,17-/m0/s1. The van der Waals surface area contributed by atoms with E-state index >= 15 is 0 Å². The zero-order chi connectivity index (χ0) is 25.6. The normalized spacial score (nSPS) is 25.3. The van der Waals surface area contributed by atoms with Crippen LogP contribution in [0.5, 0.6) is 0 Å². The fraction of sp³-hybridized carbons (Fsp3) is 0.750. The number of ketones is 2. The van der Waals surface area contributed by atoms with Crippen LogP contribution in [-0.2, 0) is 24.0 Å². The number of hydroxylamine groups is 2. The van der Waals surface area contributed by atoms with Gasteiger partial charge in [-0.2, -0.15) is 11.8 Å². The van der Waals surface area contributed by atoms with Crippen molar-refractivity contribution >= 4 is 52.1 Å². The predicted octanol–water partition coefficient (Wildman–Crippen LogP) is 0.503. The Morgan fingerprint density at radius 1 is 1.14 bits per heavy atom. The molecule has 3 aliphatic rings. The van der Waals surface area contributed by atoms with Crippen molar-refractivity contribution in [2.75, 3.05) is 25.4 Å². The smallest absolute Gasteiger partial charge is 0.362 e. The van der Waals surface area contributed by atoms with Crippen LogP contribution in [0.1, 0.15) is 44.9 Å². The van der Waals surface area contributed by atoms with E-state index in [0.29, 0.717) is 19.5 Å². The molecule has 15 heteroatoms. The van der Waals surface area contributed by atoms with Crippen LogP contribution in [0.4, 0.5) is 4.79 Å². The summed E-state index contributed by atoms with van der Waals surface area (Å²) < 4.78 is 28.7. The van der Waals surface area contributed by atoms with Gasteiger partial charge in [0.2, 0.25) is 5.91 Å². The molecule has 0 bridgehead atoms. The number of nitrogens with zero attached hydrogens (tertiary/aromatic N) is 1. The third-order valence-corrected chi connectivity index (χ3v) is 8.78. The van der Waals surface area contributed by atoms with Gasteiger partial charge in [-0.05, 0) is 25.7 Å². The number of hydrogen-bond acceptors (Lipinski definition) is 11.